The van der Waals surface area contributed by atoms with Crippen LogP contribution in [0.25, 0.3) is 0 Å². The van der Waals surface area contributed by atoms with E-state index in [1.807, 2.05) is 0 Å². The van der Waals surface area contributed by atoms with Crippen molar-refractivity contribution in [2.75, 3.05) is 13.1 Å². The first kappa shape index (κ1) is 8.09. The Hall–Kier alpha value is 0.0900. The lowest BCUT2D eigenvalue weighted by Gasteiger charge is -1.92. The fraction of sp³-hybridized carbons (Fsp3) is 1.00. The second kappa shape index (κ2) is 5.23. The molecular formula is C2H7ClN2O3. The summed E-state index contributed by atoms with van der Waals surface area (Å²) >= 11 is 0. The van der Waals surface area contributed by atoms with Gasteiger partial charge >= 0.3 is 10.8 Å². The molecule has 3 N–H and O–H groups in total. The molecule has 0 aliphatic rings. The number of nitrogens with two attached hydrogens (primary N) is 1. The van der Waals surface area contributed by atoms with Crippen LogP contribution in [0.3, 0.4) is 0 Å². The van der Waals surface area contributed by atoms with Crippen LogP contribution in [0.4, 0.5) is 0 Å². The highest BCUT2D eigenvalue weighted by atomic mass is 35.6. The summed E-state index contributed by atoms with van der Waals surface area (Å²) in [7, 11) is -2.19. The van der Waals surface area contributed by atoms with Crippen LogP contribution in [0, 0.1) is 10.8 Å². The van der Waals surface area contributed by atoms with Gasteiger partial charge in [-0.05, 0) is 0 Å². The van der Waals surface area contributed by atoms with E-state index in [1.165, 1.54) is 0 Å². The molecule has 8 heavy (non-hydrogen) atoms. The lowest BCUT2D eigenvalue weighted by Crippen LogP contribution is -2.40. The average molecular weight is 143 g/mol. The first-order valence-corrected chi connectivity index (χ1v) is 2.85. The van der Waals surface area contributed by atoms with Crippen LogP contribution >= 0.6 is 0 Å². The molecule has 0 aromatic carbocycles. The van der Waals surface area contributed by atoms with E-state index in [1.54, 1.807) is 0 Å². The Labute approximate surface area is 49.8 Å². The van der Waals surface area contributed by atoms with E-state index >= 15 is 0 Å². The molecule has 6 heteroatoms. The minimum Gasteiger partial charge on any atom is -0.329 e. The molecule has 0 saturated carbocycles. The number of rotatable bonds is 4. The number of hydrogen-bond acceptors (Lipinski definition) is 5. The van der Waals surface area contributed by atoms with Crippen molar-refractivity contribution in [3.05, 3.63) is 0 Å². The van der Waals surface area contributed by atoms with Gasteiger partial charge in [0.2, 0.25) is 0 Å². The number of halogens is 1. The maximum absolute atomic E-state index is 9.51. The van der Waals surface area contributed by atoms with Crippen LogP contribution < -0.4 is 20.5 Å². The van der Waals surface area contributed by atoms with E-state index in [2.05, 4.69) is 9.87 Å². The van der Waals surface area contributed by atoms with Crippen molar-refractivity contribution in [1.29, 1.82) is 0 Å². The molecule has 0 bridgehead atoms. The van der Waals surface area contributed by atoms with Crippen molar-refractivity contribution < 1.29 is 24.5 Å². The summed E-state index contributed by atoms with van der Waals surface area (Å²) in [4.78, 5) is 0. The van der Waals surface area contributed by atoms with Crippen molar-refractivity contribution in [2.24, 2.45) is 5.73 Å². The maximum atomic E-state index is 9.51. The molecule has 0 aliphatic carbocycles. The predicted molar refractivity (Wildman–Crippen MR) is 18.1 cm³/mol. The monoisotopic (exact) mass is 142 g/mol. The SMILES string of the molecule is NCCNO[Cl+2]([O-])[O-]. The fourth-order valence-corrected chi connectivity index (χ4v) is 0.308. The van der Waals surface area contributed by atoms with Crippen molar-refractivity contribution in [3.8, 4) is 0 Å². The molecule has 0 aromatic rings. The average Bonchev–Trinajstić information content (AvgIpc) is 1.66. The molecule has 0 aromatic heterocycles. The number of hydrogen-bond donors (Lipinski definition) is 2. The Bertz CT molecular complexity index is 52.5. The third-order valence-electron chi connectivity index (χ3n) is 0.364. The Morgan fingerprint density at radius 1 is 1.62 bits per heavy atom. The van der Waals surface area contributed by atoms with Gasteiger partial charge in [0.1, 0.15) is 4.39 Å². The van der Waals surface area contributed by atoms with Gasteiger partial charge in [-0.2, -0.15) is 0 Å². The van der Waals surface area contributed by atoms with Crippen LogP contribution in [0.15, 0.2) is 0 Å². The highest BCUT2D eigenvalue weighted by molar-refractivity contribution is 4.29. The van der Waals surface area contributed by atoms with Crippen molar-refractivity contribution in [3.63, 3.8) is 0 Å². The van der Waals surface area contributed by atoms with Gasteiger partial charge < -0.3 is 15.1 Å². The third-order valence-corrected chi connectivity index (χ3v) is 0.599. The standard InChI is InChI=1S/C2H7ClN2O3/c4-1-2-5-8-3(6)7/h5H,1-2,4H2. The summed E-state index contributed by atoms with van der Waals surface area (Å²) in [6, 6.07) is 0. The zero-order valence-corrected chi connectivity index (χ0v) is 4.85. The van der Waals surface area contributed by atoms with E-state index in [4.69, 9.17) is 5.73 Å². The molecule has 0 atom stereocenters. The molecule has 0 amide bonds. The zero-order valence-electron chi connectivity index (χ0n) is 4.09. The summed E-state index contributed by atoms with van der Waals surface area (Å²) in [5.41, 5.74) is 7.05. The van der Waals surface area contributed by atoms with E-state index in [0.29, 0.717) is 13.1 Å². The molecule has 0 aliphatic heterocycles. The van der Waals surface area contributed by atoms with Gasteiger partial charge in [0.15, 0.2) is 0 Å². The van der Waals surface area contributed by atoms with Crippen LogP contribution in [0.2, 0.25) is 0 Å². The van der Waals surface area contributed by atoms with Gasteiger partial charge in [0.25, 0.3) is 0 Å². The molecule has 0 rings (SSSR count). The minimum atomic E-state index is -2.19. The third kappa shape index (κ3) is 6.09. The molecule has 5 nitrogen and oxygen atoms in total. The van der Waals surface area contributed by atoms with E-state index in [9.17, 15) is 9.32 Å². The molecule has 0 fully saturated rings. The first-order chi connectivity index (χ1) is 3.77. The van der Waals surface area contributed by atoms with Gasteiger partial charge in [-0.1, -0.05) is 5.48 Å². The first-order valence-electron chi connectivity index (χ1n) is 1.93. The highest BCUT2D eigenvalue weighted by Gasteiger charge is 2.02. The van der Waals surface area contributed by atoms with Crippen molar-refractivity contribution in [1.82, 2.24) is 5.48 Å². The quantitative estimate of drug-likeness (QED) is 0.315. The molecule has 0 saturated heterocycles. The second-order valence-corrected chi connectivity index (χ2v) is 1.48. The van der Waals surface area contributed by atoms with Crippen LogP contribution in [-0.4, -0.2) is 13.1 Å². The normalized spacial score (nSPS) is 10.5. The Morgan fingerprint density at radius 3 is 2.62 bits per heavy atom. The summed E-state index contributed by atoms with van der Waals surface area (Å²) in [6.07, 6.45) is 0. The van der Waals surface area contributed by atoms with Crippen LogP contribution in [-0.2, 0) is 4.39 Å². The van der Waals surface area contributed by atoms with Gasteiger partial charge in [0, 0.05) is 13.1 Å². The predicted octanol–water partition coefficient (Wildman–Crippen LogP) is -3.45. The number of hydroxylamine groups is 1. The smallest absolute Gasteiger partial charge is 0.311 e. The largest absolute Gasteiger partial charge is 0.329 e. The van der Waals surface area contributed by atoms with Gasteiger partial charge in [-0.15, -0.1) is 0 Å². The van der Waals surface area contributed by atoms with Crippen molar-refractivity contribution in [2.45, 2.75) is 0 Å². The van der Waals surface area contributed by atoms with Crippen LogP contribution in [0.5, 0.6) is 0 Å². The van der Waals surface area contributed by atoms with E-state index in [0.717, 1.165) is 0 Å². The summed E-state index contributed by atoms with van der Waals surface area (Å²) < 4.78 is 22.9. The molecule has 0 unspecified atom stereocenters. The summed E-state index contributed by atoms with van der Waals surface area (Å²) in [5, 5.41) is 0. The number of nitrogens with one attached hydrogen (secondary N) is 1. The van der Waals surface area contributed by atoms with Gasteiger partial charge in [0.05, 0.1) is 0 Å². The molecule has 0 radical (unpaired) electrons. The molecular weight excluding hydrogens is 135 g/mol. The van der Waals surface area contributed by atoms with Gasteiger partial charge in [-0.3, -0.25) is 0 Å². The minimum absolute atomic E-state index is 0.318. The Balaban J connectivity index is 2.72. The lowest BCUT2D eigenvalue weighted by molar-refractivity contribution is -1.63. The van der Waals surface area contributed by atoms with E-state index in [-0.39, 0.29) is 0 Å². The highest BCUT2D eigenvalue weighted by Crippen LogP contribution is 1.65. The van der Waals surface area contributed by atoms with Crippen molar-refractivity contribution >= 4 is 0 Å². The Kier molecular flexibility index (Phi) is 5.29. The topological polar surface area (TPSA) is 93.4 Å². The maximum Gasteiger partial charge on any atom is 0.311 e. The van der Waals surface area contributed by atoms with Gasteiger partial charge in [-0.25, -0.2) is 0 Å². The van der Waals surface area contributed by atoms with E-state index < -0.39 is 10.8 Å². The summed E-state index contributed by atoms with van der Waals surface area (Å²) in [6.45, 7) is 0.657. The molecule has 0 spiro atoms. The molecule has 0 heterocycles. The lowest BCUT2D eigenvalue weighted by atomic mass is 10.7. The van der Waals surface area contributed by atoms with Crippen LogP contribution in [0.1, 0.15) is 0 Å². The second-order valence-electron chi connectivity index (χ2n) is 0.949. The molecule has 50 valence electrons. The Morgan fingerprint density at radius 2 is 2.25 bits per heavy atom. The summed E-state index contributed by atoms with van der Waals surface area (Å²) in [5.74, 6) is 0. The fourth-order valence-electron chi connectivity index (χ4n) is 0.142. The zero-order chi connectivity index (χ0) is 6.41.